The summed E-state index contributed by atoms with van der Waals surface area (Å²) in [6, 6.07) is 20.4. The molecule has 0 aliphatic heterocycles. The molecule has 0 radical (unpaired) electrons. The second kappa shape index (κ2) is 9.37. The van der Waals surface area contributed by atoms with E-state index in [1.165, 1.54) is 6.07 Å². The third-order valence-corrected chi connectivity index (χ3v) is 5.14. The molecule has 144 valence electrons. The van der Waals surface area contributed by atoms with Gasteiger partial charge in [-0.2, -0.15) is 0 Å². The van der Waals surface area contributed by atoms with Crippen LogP contribution in [0.15, 0.2) is 77.7 Å². The molecule has 3 aromatic rings. The summed E-state index contributed by atoms with van der Waals surface area (Å²) in [7, 11) is 1.60. The minimum atomic E-state index is -0.925. The summed E-state index contributed by atoms with van der Waals surface area (Å²) in [4.78, 5) is 13.0. The maximum Gasteiger partial charge on any atom is 0.231 e. The zero-order chi connectivity index (χ0) is 19.9. The van der Waals surface area contributed by atoms with Crippen molar-refractivity contribution in [1.29, 1.82) is 0 Å². The molecule has 1 N–H and O–H groups in total. The van der Waals surface area contributed by atoms with Gasteiger partial charge in [0.05, 0.1) is 18.9 Å². The van der Waals surface area contributed by atoms with Crippen molar-refractivity contribution >= 4 is 17.7 Å². The Hall–Kier alpha value is -2.86. The summed E-state index contributed by atoms with van der Waals surface area (Å²) in [5.41, 5.74) is 1.86. The van der Waals surface area contributed by atoms with Crippen LogP contribution in [0.3, 0.4) is 0 Å². The average molecular weight is 399 g/mol. The summed E-state index contributed by atoms with van der Waals surface area (Å²) >= 11 is 1.15. The van der Waals surface area contributed by atoms with E-state index in [0.29, 0.717) is 4.90 Å². The molecule has 3 nitrogen and oxygen atoms in total. The number of carbonyl (C=O) groups is 1. The van der Waals surface area contributed by atoms with E-state index in [0.717, 1.165) is 40.8 Å². The van der Waals surface area contributed by atoms with Gasteiger partial charge in [-0.15, -0.1) is 11.8 Å². The topological polar surface area (TPSA) is 38.3 Å². The van der Waals surface area contributed by atoms with Gasteiger partial charge in [-0.25, -0.2) is 8.78 Å². The number of carbonyl (C=O) groups excluding carboxylic acids is 1. The number of methoxy groups -OCH3 is 1. The standard InChI is InChI=1S/C22H19F2NO2S/c1-27-17-9-7-16(8-10-17)22(15-5-3-2-4-6-15)25-21(26)14-28-18-11-12-19(23)20(24)13-18/h2-13,22H,14H2,1H3,(H,25,26)/t22-/m1/s1. The van der Waals surface area contributed by atoms with Crippen LogP contribution in [0, 0.1) is 11.6 Å². The van der Waals surface area contributed by atoms with Crippen molar-refractivity contribution in [3.8, 4) is 5.75 Å². The molecule has 0 heterocycles. The molecular formula is C22H19F2NO2S. The molecule has 0 unspecified atom stereocenters. The van der Waals surface area contributed by atoms with Crippen molar-refractivity contribution in [1.82, 2.24) is 5.32 Å². The summed E-state index contributed by atoms with van der Waals surface area (Å²) in [5, 5.41) is 3.01. The van der Waals surface area contributed by atoms with Crippen LogP contribution in [0.4, 0.5) is 8.78 Å². The molecule has 1 atom stereocenters. The van der Waals surface area contributed by atoms with Gasteiger partial charge in [0.15, 0.2) is 11.6 Å². The molecule has 0 bridgehead atoms. The fourth-order valence-electron chi connectivity index (χ4n) is 2.72. The number of nitrogens with one attached hydrogen (secondary N) is 1. The van der Waals surface area contributed by atoms with E-state index < -0.39 is 11.6 Å². The van der Waals surface area contributed by atoms with E-state index in [-0.39, 0.29) is 17.7 Å². The highest BCUT2D eigenvalue weighted by molar-refractivity contribution is 8.00. The summed E-state index contributed by atoms with van der Waals surface area (Å²) < 4.78 is 31.5. The van der Waals surface area contributed by atoms with Crippen LogP contribution in [0.1, 0.15) is 17.2 Å². The van der Waals surface area contributed by atoms with Crippen LogP contribution < -0.4 is 10.1 Å². The number of thioether (sulfide) groups is 1. The van der Waals surface area contributed by atoms with E-state index in [4.69, 9.17) is 4.74 Å². The SMILES string of the molecule is COc1ccc([C@H](NC(=O)CSc2ccc(F)c(F)c2)c2ccccc2)cc1. The highest BCUT2D eigenvalue weighted by Gasteiger charge is 2.17. The minimum Gasteiger partial charge on any atom is -0.497 e. The quantitative estimate of drug-likeness (QED) is 0.570. The lowest BCUT2D eigenvalue weighted by Gasteiger charge is -2.20. The second-order valence-corrected chi connectivity index (χ2v) is 7.10. The fraction of sp³-hybridized carbons (Fsp3) is 0.136. The van der Waals surface area contributed by atoms with E-state index >= 15 is 0 Å². The van der Waals surface area contributed by atoms with Crippen LogP contribution in [-0.4, -0.2) is 18.8 Å². The highest BCUT2D eigenvalue weighted by atomic mass is 32.2. The Morgan fingerprint density at radius 2 is 1.64 bits per heavy atom. The molecule has 6 heteroatoms. The van der Waals surface area contributed by atoms with Crippen molar-refractivity contribution in [2.75, 3.05) is 12.9 Å². The molecule has 0 spiro atoms. The number of hydrogen-bond donors (Lipinski definition) is 1. The van der Waals surface area contributed by atoms with Gasteiger partial charge < -0.3 is 10.1 Å². The lowest BCUT2D eigenvalue weighted by atomic mass is 9.98. The molecule has 3 aromatic carbocycles. The van der Waals surface area contributed by atoms with Gasteiger partial charge in [0.2, 0.25) is 5.91 Å². The summed E-state index contributed by atoms with van der Waals surface area (Å²) in [5.74, 6) is -1.22. The Morgan fingerprint density at radius 1 is 0.964 bits per heavy atom. The number of rotatable bonds is 7. The van der Waals surface area contributed by atoms with Crippen molar-refractivity contribution < 1.29 is 18.3 Å². The minimum absolute atomic E-state index is 0.0879. The number of ether oxygens (including phenoxy) is 1. The van der Waals surface area contributed by atoms with E-state index in [2.05, 4.69) is 5.32 Å². The van der Waals surface area contributed by atoms with E-state index in [9.17, 15) is 13.6 Å². The number of hydrogen-bond acceptors (Lipinski definition) is 3. The molecule has 0 aliphatic rings. The van der Waals surface area contributed by atoms with Crippen molar-refractivity contribution in [2.45, 2.75) is 10.9 Å². The van der Waals surface area contributed by atoms with Crippen LogP contribution in [0.2, 0.25) is 0 Å². The van der Waals surface area contributed by atoms with Crippen LogP contribution >= 0.6 is 11.8 Å². The van der Waals surface area contributed by atoms with Gasteiger partial charge in [0, 0.05) is 4.90 Å². The molecule has 0 aromatic heterocycles. The molecule has 0 fully saturated rings. The average Bonchev–Trinajstić information content (AvgIpc) is 2.73. The zero-order valence-electron chi connectivity index (χ0n) is 15.2. The first-order chi connectivity index (χ1) is 13.6. The maximum atomic E-state index is 13.3. The highest BCUT2D eigenvalue weighted by Crippen LogP contribution is 2.25. The first-order valence-electron chi connectivity index (χ1n) is 8.63. The van der Waals surface area contributed by atoms with Crippen molar-refractivity contribution in [3.05, 3.63) is 95.6 Å². The smallest absolute Gasteiger partial charge is 0.231 e. The number of amides is 1. The van der Waals surface area contributed by atoms with Gasteiger partial charge in [-0.1, -0.05) is 42.5 Å². The van der Waals surface area contributed by atoms with Gasteiger partial charge in [-0.05, 0) is 41.5 Å². The van der Waals surface area contributed by atoms with Crippen LogP contribution in [0.5, 0.6) is 5.75 Å². The van der Waals surface area contributed by atoms with Gasteiger partial charge in [0.25, 0.3) is 0 Å². The lowest BCUT2D eigenvalue weighted by Crippen LogP contribution is -2.30. The molecule has 0 saturated carbocycles. The molecule has 0 aliphatic carbocycles. The Bertz CT molecular complexity index is 933. The molecule has 1 amide bonds. The first kappa shape index (κ1) is 19.9. The van der Waals surface area contributed by atoms with Crippen molar-refractivity contribution in [3.63, 3.8) is 0 Å². The van der Waals surface area contributed by atoms with Gasteiger partial charge in [0.1, 0.15) is 5.75 Å². The maximum absolute atomic E-state index is 13.3. The Labute approximate surface area is 166 Å². The second-order valence-electron chi connectivity index (χ2n) is 6.05. The Morgan fingerprint density at radius 3 is 2.29 bits per heavy atom. The van der Waals surface area contributed by atoms with Crippen molar-refractivity contribution in [2.24, 2.45) is 0 Å². The molecule has 0 saturated heterocycles. The number of halogens is 2. The third-order valence-electron chi connectivity index (χ3n) is 4.15. The predicted molar refractivity (Wildman–Crippen MR) is 107 cm³/mol. The lowest BCUT2D eigenvalue weighted by molar-refractivity contribution is -0.119. The molecular weight excluding hydrogens is 380 g/mol. The van der Waals surface area contributed by atoms with Crippen LogP contribution in [-0.2, 0) is 4.79 Å². The first-order valence-corrected chi connectivity index (χ1v) is 9.61. The van der Waals surface area contributed by atoms with Crippen LogP contribution in [0.25, 0.3) is 0 Å². The number of benzene rings is 3. The third kappa shape index (κ3) is 5.10. The monoisotopic (exact) mass is 399 g/mol. The molecule has 3 rings (SSSR count). The Balaban J connectivity index is 1.73. The molecule has 28 heavy (non-hydrogen) atoms. The normalized spacial score (nSPS) is 11.7. The zero-order valence-corrected chi connectivity index (χ0v) is 16.0. The van der Waals surface area contributed by atoms with Gasteiger partial charge >= 0.3 is 0 Å². The van der Waals surface area contributed by atoms with Gasteiger partial charge in [-0.3, -0.25) is 4.79 Å². The van der Waals surface area contributed by atoms with E-state index in [1.54, 1.807) is 7.11 Å². The summed E-state index contributed by atoms with van der Waals surface area (Å²) in [6.45, 7) is 0. The Kier molecular flexibility index (Phi) is 6.66. The van der Waals surface area contributed by atoms with E-state index in [1.807, 2.05) is 54.6 Å². The largest absolute Gasteiger partial charge is 0.497 e. The predicted octanol–water partition coefficient (Wildman–Crippen LogP) is 4.97. The summed E-state index contributed by atoms with van der Waals surface area (Å²) in [6.07, 6.45) is 0. The fourth-order valence-corrected chi connectivity index (χ4v) is 3.45.